The molecule has 0 radical (unpaired) electrons. The van der Waals surface area contributed by atoms with Crippen molar-refractivity contribution in [1.29, 1.82) is 0 Å². The second kappa shape index (κ2) is 7.88. The van der Waals surface area contributed by atoms with Crippen LogP contribution in [0.25, 0.3) is 10.8 Å². The van der Waals surface area contributed by atoms with Gasteiger partial charge in [-0.05, 0) is 30.2 Å². The van der Waals surface area contributed by atoms with E-state index in [1.54, 1.807) is 0 Å². The summed E-state index contributed by atoms with van der Waals surface area (Å²) in [5, 5.41) is 15.1. The molecular formula is C21H24N2O2. The maximum Gasteiger partial charge on any atom is 0.224 e. The summed E-state index contributed by atoms with van der Waals surface area (Å²) in [7, 11) is 0. The van der Waals surface area contributed by atoms with Gasteiger partial charge in [0.25, 0.3) is 0 Å². The van der Waals surface area contributed by atoms with E-state index in [4.69, 9.17) is 0 Å². The van der Waals surface area contributed by atoms with Crippen LogP contribution in [0.2, 0.25) is 0 Å². The molecular weight excluding hydrogens is 312 g/mol. The van der Waals surface area contributed by atoms with Crippen molar-refractivity contribution in [2.75, 3.05) is 5.32 Å². The maximum atomic E-state index is 12.0. The van der Waals surface area contributed by atoms with Gasteiger partial charge in [-0.25, -0.2) is 0 Å². The van der Waals surface area contributed by atoms with Crippen LogP contribution in [-0.4, -0.2) is 15.6 Å². The first-order valence-electron chi connectivity index (χ1n) is 8.83. The van der Waals surface area contributed by atoms with Crippen molar-refractivity contribution >= 4 is 22.4 Å². The first-order valence-corrected chi connectivity index (χ1v) is 8.83. The number of nitrogens with one attached hydrogen (secondary N) is 1. The number of carbonyl (C=O) groups is 1. The van der Waals surface area contributed by atoms with Crippen LogP contribution < -0.4 is 5.32 Å². The van der Waals surface area contributed by atoms with Gasteiger partial charge in [-0.3, -0.25) is 4.79 Å². The third-order valence-corrected chi connectivity index (χ3v) is 4.35. The van der Waals surface area contributed by atoms with Crippen molar-refractivity contribution in [3.05, 3.63) is 60.3 Å². The number of fused-ring (bicyclic) bond motifs is 1. The van der Waals surface area contributed by atoms with Gasteiger partial charge in [0.2, 0.25) is 5.91 Å². The maximum absolute atomic E-state index is 12.0. The van der Waals surface area contributed by atoms with Crippen molar-refractivity contribution < 1.29 is 9.90 Å². The van der Waals surface area contributed by atoms with Crippen LogP contribution in [0.4, 0.5) is 5.69 Å². The molecule has 0 bridgehead atoms. The minimum atomic E-state index is 0.0424. The standard InChI is InChI=1S/C21H24N2O2/c1-2-3-5-10-20(24)22-18-11-12-19-17(13-18)15-23(21(19)25)14-16-8-6-4-7-9-16/h4,6-9,11-13,15,25H,2-3,5,10,14H2,1H3,(H,22,24). The van der Waals surface area contributed by atoms with Crippen LogP contribution in [0.1, 0.15) is 38.2 Å². The highest BCUT2D eigenvalue weighted by Crippen LogP contribution is 2.30. The molecule has 0 saturated carbocycles. The molecule has 0 saturated heterocycles. The lowest BCUT2D eigenvalue weighted by Gasteiger charge is -2.05. The van der Waals surface area contributed by atoms with Crippen LogP contribution in [0.3, 0.4) is 0 Å². The number of nitrogens with zero attached hydrogens (tertiary/aromatic N) is 1. The van der Waals surface area contributed by atoms with Gasteiger partial charge >= 0.3 is 0 Å². The molecule has 1 aromatic heterocycles. The average molecular weight is 336 g/mol. The Bertz CT molecular complexity index is 853. The molecule has 130 valence electrons. The van der Waals surface area contributed by atoms with Gasteiger partial charge in [-0.2, -0.15) is 0 Å². The summed E-state index contributed by atoms with van der Waals surface area (Å²) < 4.78 is 1.83. The summed E-state index contributed by atoms with van der Waals surface area (Å²) >= 11 is 0. The molecule has 4 heteroatoms. The monoisotopic (exact) mass is 336 g/mol. The van der Waals surface area contributed by atoms with E-state index in [1.807, 2.05) is 59.3 Å². The summed E-state index contributed by atoms with van der Waals surface area (Å²) in [5.74, 6) is 0.292. The van der Waals surface area contributed by atoms with Crippen LogP contribution in [-0.2, 0) is 11.3 Å². The van der Waals surface area contributed by atoms with Crippen molar-refractivity contribution in [1.82, 2.24) is 4.57 Å². The molecule has 0 unspecified atom stereocenters. The molecule has 0 aliphatic carbocycles. The van der Waals surface area contributed by atoms with Gasteiger partial charge in [0.15, 0.2) is 5.88 Å². The van der Waals surface area contributed by atoms with Gasteiger partial charge in [0.05, 0.1) is 6.54 Å². The van der Waals surface area contributed by atoms with E-state index < -0.39 is 0 Å². The molecule has 0 spiro atoms. The smallest absolute Gasteiger partial charge is 0.224 e. The zero-order valence-electron chi connectivity index (χ0n) is 14.5. The van der Waals surface area contributed by atoms with E-state index in [1.165, 1.54) is 0 Å². The first kappa shape index (κ1) is 17.1. The number of anilines is 1. The minimum Gasteiger partial charge on any atom is -0.494 e. The largest absolute Gasteiger partial charge is 0.494 e. The molecule has 1 amide bonds. The van der Waals surface area contributed by atoms with Crippen molar-refractivity contribution in [3.8, 4) is 5.88 Å². The number of hydrogen-bond donors (Lipinski definition) is 2. The van der Waals surface area contributed by atoms with Crippen LogP contribution in [0.5, 0.6) is 5.88 Å². The number of hydrogen-bond acceptors (Lipinski definition) is 2. The fourth-order valence-electron chi connectivity index (χ4n) is 2.99. The zero-order chi connectivity index (χ0) is 17.6. The molecule has 1 heterocycles. The van der Waals surface area contributed by atoms with E-state index in [9.17, 15) is 9.90 Å². The second-order valence-electron chi connectivity index (χ2n) is 6.37. The molecule has 2 N–H and O–H groups in total. The van der Waals surface area contributed by atoms with E-state index >= 15 is 0 Å². The number of carbonyl (C=O) groups excluding carboxylic acids is 1. The quantitative estimate of drug-likeness (QED) is 0.602. The number of aromatic hydroxyl groups is 1. The average Bonchev–Trinajstić information content (AvgIpc) is 2.91. The summed E-state index contributed by atoms with van der Waals surface area (Å²) in [6.45, 7) is 2.73. The van der Waals surface area contributed by atoms with E-state index in [-0.39, 0.29) is 11.8 Å². The van der Waals surface area contributed by atoms with Crippen LogP contribution in [0.15, 0.2) is 54.7 Å². The fourth-order valence-corrected chi connectivity index (χ4v) is 2.99. The molecule has 0 aliphatic heterocycles. The van der Waals surface area contributed by atoms with Crippen molar-refractivity contribution in [2.45, 2.75) is 39.2 Å². The number of amides is 1. The Morgan fingerprint density at radius 1 is 1.12 bits per heavy atom. The van der Waals surface area contributed by atoms with Gasteiger partial charge in [-0.15, -0.1) is 0 Å². The highest BCUT2D eigenvalue weighted by atomic mass is 16.3. The lowest BCUT2D eigenvalue weighted by atomic mass is 10.2. The zero-order valence-corrected chi connectivity index (χ0v) is 14.5. The van der Waals surface area contributed by atoms with Gasteiger partial charge in [0, 0.05) is 29.1 Å². The minimum absolute atomic E-state index is 0.0424. The Labute approximate surface area is 148 Å². The van der Waals surface area contributed by atoms with E-state index in [0.29, 0.717) is 13.0 Å². The van der Waals surface area contributed by atoms with Gasteiger partial charge < -0.3 is 15.0 Å². The summed E-state index contributed by atoms with van der Waals surface area (Å²) in [4.78, 5) is 12.0. The number of benzene rings is 2. The Morgan fingerprint density at radius 2 is 1.92 bits per heavy atom. The van der Waals surface area contributed by atoms with Gasteiger partial charge in [0.1, 0.15) is 0 Å². The number of rotatable bonds is 7. The van der Waals surface area contributed by atoms with Gasteiger partial charge in [-0.1, -0.05) is 50.1 Å². The first-order chi connectivity index (χ1) is 12.2. The normalized spacial score (nSPS) is 10.9. The third-order valence-electron chi connectivity index (χ3n) is 4.35. The number of aromatic nitrogens is 1. The highest BCUT2D eigenvalue weighted by molar-refractivity contribution is 5.96. The molecule has 0 aliphatic rings. The van der Waals surface area contributed by atoms with Crippen LogP contribution in [0, 0.1) is 0 Å². The third kappa shape index (κ3) is 4.21. The van der Waals surface area contributed by atoms with Crippen LogP contribution >= 0.6 is 0 Å². The molecule has 3 aromatic rings. The molecule has 25 heavy (non-hydrogen) atoms. The molecule has 4 nitrogen and oxygen atoms in total. The number of unbranched alkanes of at least 4 members (excludes halogenated alkanes) is 2. The highest BCUT2D eigenvalue weighted by Gasteiger charge is 2.10. The van der Waals surface area contributed by atoms with Crippen molar-refractivity contribution in [3.63, 3.8) is 0 Å². The van der Waals surface area contributed by atoms with E-state index in [2.05, 4.69) is 12.2 Å². The Morgan fingerprint density at radius 3 is 2.68 bits per heavy atom. The predicted molar refractivity (Wildman–Crippen MR) is 102 cm³/mol. The molecule has 2 aromatic carbocycles. The van der Waals surface area contributed by atoms with E-state index in [0.717, 1.165) is 41.3 Å². The Balaban J connectivity index is 1.75. The predicted octanol–water partition coefficient (Wildman–Crippen LogP) is 4.91. The fraction of sp³-hybridized carbons (Fsp3) is 0.286. The topological polar surface area (TPSA) is 54.3 Å². The summed E-state index contributed by atoms with van der Waals surface area (Å²) in [6.07, 6.45) is 5.56. The molecule has 0 atom stereocenters. The Hall–Kier alpha value is -2.75. The van der Waals surface area contributed by atoms with Crippen molar-refractivity contribution in [2.24, 2.45) is 0 Å². The summed E-state index contributed by atoms with van der Waals surface area (Å²) in [6, 6.07) is 15.6. The molecule has 3 rings (SSSR count). The Kier molecular flexibility index (Phi) is 5.39. The summed E-state index contributed by atoms with van der Waals surface area (Å²) in [5.41, 5.74) is 1.90. The second-order valence-corrected chi connectivity index (χ2v) is 6.37. The molecule has 0 fully saturated rings. The lowest BCUT2D eigenvalue weighted by Crippen LogP contribution is -2.10. The SMILES string of the molecule is CCCCCC(=O)Nc1ccc2c(O)n(Cc3ccccc3)cc2c1. The lowest BCUT2D eigenvalue weighted by molar-refractivity contribution is -0.116.